The number of nitrogens with one attached hydrogen (secondary N) is 1. The van der Waals surface area contributed by atoms with Crippen molar-refractivity contribution in [3.63, 3.8) is 0 Å². The molecule has 0 heterocycles. The van der Waals surface area contributed by atoms with Crippen LogP contribution in [-0.2, 0) is 4.74 Å². The maximum Gasteiger partial charge on any atom is 0.161 e. The van der Waals surface area contributed by atoms with Crippen molar-refractivity contribution in [1.82, 2.24) is 0 Å². The van der Waals surface area contributed by atoms with Gasteiger partial charge in [0.25, 0.3) is 0 Å². The summed E-state index contributed by atoms with van der Waals surface area (Å²) in [5.74, 6) is 1.58. The lowest BCUT2D eigenvalue weighted by Gasteiger charge is -2.14. The highest BCUT2D eigenvalue weighted by atomic mass is 16.5. The van der Waals surface area contributed by atoms with Gasteiger partial charge in [0.05, 0.1) is 33.4 Å². The summed E-state index contributed by atoms with van der Waals surface area (Å²) in [5.41, 5.74) is 0. The minimum Gasteiger partial charge on any atom is -0.490 e. The Hall–Kier alpha value is -1.26. The molecule has 0 bridgehead atoms. The summed E-state index contributed by atoms with van der Waals surface area (Å²) >= 11 is 0. The smallest absolute Gasteiger partial charge is 0.161 e. The maximum absolute atomic E-state index is 5.70. The second kappa shape index (κ2) is 11.4. The number of likely N-dealkylation sites (N-methyl/N-ethyl adjacent to an activating group) is 1. The van der Waals surface area contributed by atoms with Crippen LogP contribution in [0.3, 0.4) is 0 Å². The number of para-hydroxylation sites is 2. The first-order valence-corrected chi connectivity index (χ1v) is 8.01. The van der Waals surface area contributed by atoms with E-state index in [0.29, 0.717) is 19.8 Å². The molecule has 0 aliphatic carbocycles. The molecule has 21 heavy (non-hydrogen) atoms. The van der Waals surface area contributed by atoms with E-state index in [1.165, 1.54) is 24.3 Å². The zero-order valence-electron chi connectivity index (χ0n) is 13.7. The van der Waals surface area contributed by atoms with Gasteiger partial charge in [-0.05, 0) is 25.5 Å². The standard InChI is InChI=1S/C17H29NO3/c1-4-6-11-18(3)12-13-19-14-15-21-17-10-8-7-9-16(17)20-5-2/h7-10H,4-6,11-15H2,1-3H3/p+1. The minimum atomic E-state index is 0.554. The van der Waals surface area contributed by atoms with Gasteiger partial charge in [-0.25, -0.2) is 0 Å². The molecule has 120 valence electrons. The predicted molar refractivity (Wildman–Crippen MR) is 85.5 cm³/mol. The Morgan fingerprint density at radius 1 is 0.905 bits per heavy atom. The van der Waals surface area contributed by atoms with Crippen LogP contribution >= 0.6 is 0 Å². The van der Waals surface area contributed by atoms with Gasteiger partial charge >= 0.3 is 0 Å². The molecule has 0 fully saturated rings. The van der Waals surface area contributed by atoms with E-state index in [1.807, 2.05) is 31.2 Å². The largest absolute Gasteiger partial charge is 0.490 e. The van der Waals surface area contributed by atoms with Crippen LogP contribution < -0.4 is 14.4 Å². The number of hydrogen-bond donors (Lipinski definition) is 1. The van der Waals surface area contributed by atoms with Crippen LogP contribution in [-0.4, -0.2) is 46.6 Å². The molecule has 0 aliphatic heterocycles. The summed E-state index contributed by atoms with van der Waals surface area (Å²) in [7, 11) is 2.22. The number of unbranched alkanes of at least 4 members (excludes halogenated alkanes) is 1. The summed E-state index contributed by atoms with van der Waals surface area (Å²) in [6.45, 7) is 9.06. The fourth-order valence-electron chi connectivity index (χ4n) is 2.01. The molecule has 0 aliphatic rings. The summed E-state index contributed by atoms with van der Waals surface area (Å²) in [6.07, 6.45) is 2.54. The molecule has 0 radical (unpaired) electrons. The van der Waals surface area contributed by atoms with Gasteiger partial charge in [0.15, 0.2) is 11.5 Å². The highest BCUT2D eigenvalue weighted by Gasteiger charge is 2.04. The number of ether oxygens (including phenoxy) is 3. The monoisotopic (exact) mass is 296 g/mol. The third-order valence-corrected chi connectivity index (χ3v) is 3.26. The van der Waals surface area contributed by atoms with Crippen LogP contribution in [0.25, 0.3) is 0 Å². The normalized spacial score (nSPS) is 12.1. The van der Waals surface area contributed by atoms with Crippen LogP contribution in [0.4, 0.5) is 0 Å². The van der Waals surface area contributed by atoms with Gasteiger partial charge in [-0.3, -0.25) is 0 Å². The topological polar surface area (TPSA) is 32.1 Å². The van der Waals surface area contributed by atoms with E-state index < -0.39 is 0 Å². The Labute approximate surface area is 129 Å². The van der Waals surface area contributed by atoms with Crippen molar-refractivity contribution in [2.45, 2.75) is 26.7 Å². The number of hydrogen-bond acceptors (Lipinski definition) is 3. The highest BCUT2D eigenvalue weighted by molar-refractivity contribution is 5.39. The minimum absolute atomic E-state index is 0.554. The van der Waals surface area contributed by atoms with Crippen LogP contribution in [0.5, 0.6) is 11.5 Å². The average molecular weight is 296 g/mol. The molecule has 0 saturated carbocycles. The first-order valence-electron chi connectivity index (χ1n) is 8.01. The summed E-state index contributed by atoms with van der Waals surface area (Å²) < 4.78 is 16.8. The van der Waals surface area contributed by atoms with Crippen LogP contribution in [0.1, 0.15) is 26.7 Å². The molecule has 0 aromatic heterocycles. The highest BCUT2D eigenvalue weighted by Crippen LogP contribution is 2.26. The van der Waals surface area contributed by atoms with Crippen LogP contribution in [0.2, 0.25) is 0 Å². The lowest BCUT2D eigenvalue weighted by molar-refractivity contribution is -0.880. The first kappa shape index (κ1) is 17.8. The molecule has 1 atom stereocenters. The van der Waals surface area contributed by atoms with Crippen LogP contribution in [0, 0.1) is 0 Å². The van der Waals surface area contributed by atoms with Crippen molar-refractivity contribution < 1.29 is 19.1 Å². The van der Waals surface area contributed by atoms with Crippen LogP contribution in [0.15, 0.2) is 24.3 Å². The molecular formula is C17H30NO3+. The maximum atomic E-state index is 5.70. The molecule has 0 spiro atoms. The fraction of sp³-hybridized carbons (Fsp3) is 0.647. The third kappa shape index (κ3) is 7.93. The second-order valence-electron chi connectivity index (χ2n) is 5.15. The SMILES string of the molecule is CCCC[NH+](C)CCOCCOc1ccccc1OCC. The molecule has 0 saturated heterocycles. The van der Waals surface area contributed by atoms with E-state index in [2.05, 4.69) is 14.0 Å². The lowest BCUT2D eigenvalue weighted by Crippen LogP contribution is -3.09. The Kier molecular flexibility index (Phi) is 9.66. The first-order chi connectivity index (χ1) is 10.3. The van der Waals surface area contributed by atoms with E-state index in [9.17, 15) is 0 Å². The van der Waals surface area contributed by atoms with E-state index in [0.717, 1.165) is 24.7 Å². The van der Waals surface area contributed by atoms with E-state index >= 15 is 0 Å². The van der Waals surface area contributed by atoms with Crippen molar-refractivity contribution in [3.05, 3.63) is 24.3 Å². The van der Waals surface area contributed by atoms with Crippen molar-refractivity contribution in [3.8, 4) is 11.5 Å². The number of benzene rings is 1. The van der Waals surface area contributed by atoms with Gasteiger partial charge < -0.3 is 19.1 Å². The van der Waals surface area contributed by atoms with Crippen molar-refractivity contribution in [2.75, 3.05) is 46.6 Å². The fourth-order valence-corrected chi connectivity index (χ4v) is 2.01. The van der Waals surface area contributed by atoms with Crippen molar-refractivity contribution in [2.24, 2.45) is 0 Å². The number of rotatable bonds is 12. The number of quaternary nitrogens is 1. The summed E-state index contributed by atoms with van der Waals surface area (Å²) in [4.78, 5) is 1.53. The molecule has 4 nitrogen and oxygen atoms in total. The van der Waals surface area contributed by atoms with E-state index in [-0.39, 0.29) is 0 Å². The second-order valence-corrected chi connectivity index (χ2v) is 5.15. The van der Waals surface area contributed by atoms with Gasteiger partial charge in [-0.1, -0.05) is 25.5 Å². The molecule has 0 amide bonds. The summed E-state index contributed by atoms with van der Waals surface area (Å²) in [5, 5.41) is 0. The zero-order valence-corrected chi connectivity index (χ0v) is 13.7. The van der Waals surface area contributed by atoms with Gasteiger partial charge in [0.1, 0.15) is 13.2 Å². The average Bonchev–Trinajstić information content (AvgIpc) is 2.50. The van der Waals surface area contributed by atoms with Gasteiger partial charge in [-0.2, -0.15) is 0 Å². The van der Waals surface area contributed by atoms with Gasteiger partial charge in [0, 0.05) is 0 Å². The third-order valence-electron chi connectivity index (χ3n) is 3.26. The molecule has 1 aromatic carbocycles. The van der Waals surface area contributed by atoms with E-state index in [4.69, 9.17) is 14.2 Å². The Morgan fingerprint density at radius 2 is 1.62 bits per heavy atom. The predicted octanol–water partition coefficient (Wildman–Crippen LogP) is 1.80. The molecule has 4 heteroatoms. The van der Waals surface area contributed by atoms with Crippen molar-refractivity contribution in [1.29, 1.82) is 0 Å². The quantitative estimate of drug-likeness (QED) is 0.597. The molecular weight excluding hydrogens is 266 g/mol. The Morgan fingerprint density at radius 3 is 2.29 bits per heavy atom. The lowest BCUT2D eigenvalue weighted by atomic mass is 10.3. The summed E-state index contributed by atoms with van der Waals surface area (Å²) in [6, 6.07) is 7.74. The Balaban J connectivity index is 2.11. The molecule has 1 rings (SSSR count). The molecule has 1 aromatic rings. The van der Waals surface area contributed by atoms with E-state index in [1.54, 1.807) is 0 Å². The van der Waals surface area contributed by atoms with Gasteiger partial charge in [-0.15, -0.1) is 0 Å². The van der Waals surface area contributed by atoms with Crippen molar-refractivity contribution >= 4 is 0 Å². The molecule has 1 unspecified atom stereocenters. The van der Waals surface area contributed by atoms with Gasteiger partial charge in [0.2, 0.25) is 0 Å². The molecule has 1 N–H and O–H groups in total. The zero-order chi connectivity index (χ0) is 15.3. The Bertz CT molecular complexity index is 371.